The number of carboxylic acid groups (broad SMARTS) is 1. The molecule has 0 spiro atoms. The predicted molar refractivity (Wildman–Crippen MR) is 57.7 cm³/mol. The first-order valence-corrected chi connectivity index (χ1v) is 4.74. The smallest absolute Gasteiger partial charge is 0.336 e. The summed E-state index contributed by atoms with van der Waals surface area (Å²) in [6, 6.07) is 4.80. The Labute approximate surface area is 88.7 Å². The monoisotopic (exact) mass is 209 g/mol. The van der Waals surface area contributed by atoms with Crippen molar-refractivity contribution >= 4 is 11.7 Å². The van der Waals surface area contributed by atoms with Crippen LogP contribution in [0.4, 0.5) is 5.69 Å². The topological polar surface area (TPSA) is 72.5 Å². The molecule has 1 rings (SSSR count). The maximum atomic E-state index is 10.9. The molecular formula is C11H15NO3. The van der Waals surface area contributed by atoms with Gasteiger partial charge in [-0.3, -0.25) is 0 Å². The van der Waals surface area contributed by atoms with Crippen LogP contribution in [0.2, 0.25) is 0 Å². The highest BCUT2D eigenvalue weighted by Crippen LogP contribution is 2.15. The quantitative estimate of drug-likeness (QED) is 0.743. The lowest BCUT2D eigenvalue weighted by Gasteiger charge is -2.10. The molecule has 1 aromatic carbocycles. The Morgan fingerprint density at radius 1 is 1.53 bits per heavy atom. The average molecular weight is 209 g/mol. The Kier molecular flexibility index (Phi) is 3.68. The molecule has 0 heterocycles. The molecule has 0 radical (unpaired) electrons. The first-order chi connectivity index (χ1) is 7.00. The van der Waals surface area contributed by atoms with Gasteiger partial charge in [-0.2, -0.15) is 0 Å². The first-order valence-electron chi connectivity index (χ1n) is 4.74. The van der Waals surface area contributed by atoms with Gasteiger partial charge in [0.2, 0.25) is 0 Å². The molecule has 0 saturated heterocycles. The van der Waals surface area contributed by atoms with E-state index in [1.54, 1.807) is 12.1 Å². The molecule has 0 aromatic heterocycles. The zero-order valence-electron chi connectivity index (χ0n) is 8.86. The van der Waals surface area contributed by atoms with E-state index in [1.165, 1.54) is 6.07 Å². The molecule has 0 aliphatic carbocycles. The lowest BCUT2D eigenvalue weighted by molar-refractivity contribution is 0.0606. The molecule has 0 atom stereocenters. The van der Waals surface area contributed by atoms with E-state index in [9.17, 15) is 4.79 Å². The zero-order chi connectivity index (χ0) is 11.4. The fraction of sp³-hybridized carbons (Fsp3) is 0.364. The van der Waals surface area contributed by atoms with Crippen LogP contribution >= 0.6 is 0 Å². The summed E-state index contributed by atoms with van der Waals surface area (Å²) in [4.78, 5) is 10.9. The van der Waals surface area contributed by atoms with Crippen LogP contribution in [-0.4, -0.2) is 17.2 Å². The average Bonchev–Trinajstić information content (AvgIpc) is 2.15. The van der Waals surface area contributed by atoms with Gasteiger partial charge in [-0.1, -0.05) is 6.07 Å². The lowest BCUT2D eigenvalue weighted by Crippen LogP contribution is -2.08. The number of nitrogens with two attached hydrogens (primary N) is 1. The van der Waals surface area contributed by atoms with E-state index < -0.39 is 5.97 Å². The third-order valence-electron chi connectivity index (χ3n) is 1.94. The van der Waals surface area contributed by atoms with Crippen LogP contribution in [0.15, 0.2) is 18.2 Å². The van der Waals surface area contributed by atoms with Crippen molar-refractivity contribution in [3.63, 3.8) is 0 Å². The molecule has 0 aliphatic heterocycles. The van der Waals surface area contributed by atoms with Gasteiger partial charge in [0.15, 0.2) is 0 Å². The van der Waals surface area contributed by atoms with Gasteiger partial charge in [-0.15, -0.1) is 0 Å². The van der Waals surface area contributed by atoms with E-state index in [4.69, 9.17) is 15.6 Å². The molecule has 1 aromatic rings. The minimum atomic E-state index is -0.982. The van der Waals surface area contributed by atoms with Crippen molar-refractivity contribution in [2.24, 2.45) is 0 Å². The van der Waals surface area contributed by atoms with Gasteiger partial charge in [-0.25, -0.2) is 4.79 Å². The maximum absolute atomic E-state index is 10.9. The van der Waals surface area contributed by atoms with Gasteiger partial charge >= 0.3 is 5.97 Å². The standard InChI is InChI=1S/C11H15NO3/c1-7(2)15-6-8-3-4-9(12)5-10(8)11(13)14/h3-5,7H,6,12H2,1-2H3,(H,13,14). The molecule has 0 unspecified atom stereocenters. The van der Waals surface area contributed by atoms with Crippen LogP contribution in [0.5, 0.6) is 0 Å². The Morgan fingerprint density at radius 2 is 2.20 bits per heavy atom. The number of aromatic carboxylic acids is 1. The van der Waals surface area contributed by atoms with E-state index in [2.05, 4.69) is 0 Å². The first kappa shape index (κ1) is 11.5. The van der Waals surface area contributed by atoms with Gasteiger partial charge < -0.3 is 15.6 Å². The molecule has 0 amide bonds. The summed E-state index contributed by atoms with van der Waals surface area (Å²) in [7, 11) is 0. The molecule has 0 saturated carbocycles. The van der Waals surface area contributed by atoms with Gasteiger partial charge in [0.1, 0.15) is 0 Å². The molecule has 3 N–H and O–H groups in total. The van der Waals surface area contributed by atoms with Gasteiger partial charge in [0.25, 0.3) is 0 Å². The highest BCUT2D eigenvalue weighted by molar-refractivity contribution is 5.90. The van der Waals surface area contributed by atoms with Crippen molar-refractivity contribution in [1.29, 1.82) is 0 Å². The van der Waals surface area contributed by atoms with Crippen LogP contribution in [0.25, 0.3) is 0 Å². The summed E-state index contributed by atoms with van der Waals surface area (Å²) in [6.45, 7) is 4.09. The second-order valence-corrected chi connectivity index (χ2v) is 3.58. The van der Waals surface area contributed by atoms with Crippen LogP contribution < -0.4 is 5.73 Å². The van der Waals surface area contributed by atoms with Crippen molar-refractivity contribution in [3.05, 3.63) is 29.3 Å². The predicted octanol–water partition coefficient (Wildman–Crippen LogP) is 1.89. The Morgan fingerprint density at radius 3 is 2.73 bits per heavy atom. The fourth-order valence-electron chi connectivity index (χ4n) is 1.18. The number of hydrogen-bond donors (Lipinski definition) is 2. The van der Waals surface area contributed by atoms with Crippen LogP contribution in [0, 0.1) is 0 Å². The van der Waals surface area contributed by atoms with E-state index in [0.717, 1.165) is 0 Å². The van der Waals surface area contributed by atoms with Gasteiger partial charge in [0, 0.05) is 5.69 Å². The van der Waals surface area contributed by atoms with Gasteiger partial charge in [0.05, 0.1) is 18.3 Å². The lowest BCUT2D eigenvalue weighted by atomic mass is 10.1. The number of ether oxygens (including phenoxy) is 1. The second-order valence-electron chi connectivity index (χ2n) is 3.58. The summed E-state index contributed by atoms with van der Waals surface area (Å²) < 4.78 is 5.35. The number of nitrogen functional groups attached to an aromatic ring is 1. The van der Waals surface area contributed by atoms with Crippen molar-refractivity contribution in [1.82, 2.24) is 0 Å². The normalized spacial score (nSPS) is 10.6. The number of hydrogen-bond acceptors (Lipinski definition) is 3. The van der Waals surface area contributed by atoms with E-state index in [1.807, 2.05) is 13.8 Å². The Hall–Kier alpha value is -1.55. The largest absolute Gasteiger partial charge is 0.478 e. The van der Waals surface area contributed by atoms with Gasteiger partial charge in [-0.05, 0) is 31.5 Å². The maximum Gasteiger partial charge on any atom is 0.336 e. The molecule has 0 aliphatic rings. The Balaban J connectivity index is 2.91. The summed E-state index contributed by atoms with van der Waals surface area (Å²) in [5.74, 6) is -0.982. The van der Waals surface area contributed by atoms with Crippen LogP contribution in [-0.2, 0) is 11.3 Å². The summed E-state index contributed by atoms with van der Waals surface area (Å²) in [6.07, 6.45) is 0.0733. The summed E-state index contributed by atoms with van der Waals surface area (Å²) >= 11 is 0. The second kappa shape index (κ2) is 4.79. The SMILES string of the molecule is CC(C)OCc1ccc(N)cc1C(=O)O. The third kappa shape index (κ3) is 3.25. The number of carbonyl (C=O) groups is 1. The van der Waals surface area contributed by atoms with E-state index in [-0.39, 0.29) is 11.7 Å². The molecule has 4 nitrogen and oxygen atoms in total. The van der Waals surface area contributed by atoms with Crippen molar-refractivity contribution in [2.45, 2.75) is 26.6 Å². The Bertz CT molecular complexity index is 361. The van der Waals surface area contributed by atoms with Crippen LogP contribution in [0.3, 0.4) is 0 Å². The number of benzene rings is 1. The van der Waals surface area contributed by atoms with Crippen molar-refractivity contribution in [3.8, 4) is 0 Å². The molecule has 15 heavy (non-hydrogen) atoms. The highest BCUT2D eigenvalue weighted by Gasteiger charge is 2.10. The number of carboxylic acids is 1. The summed E-state index contributed by atoms with van der Waals surface area (Å²) in [5, 5.41) is 8.94. The molecule has 0 bridgehead atoms. The van der Waals surface area contributed by atoms with Crippen molar-refractivity contribution < 1.29 is 14.6 Å². The number of anilines is 1. The van der Waals surface area contributed by atoms with E-state index >= 15 is 0 Å². The molecule has 82 valence electrons. The third-order valence-corrected chi connectivity index (χ3v) is 1.94. The minimum absolute atomic E-state index is 0.0733. The molecule has 0 fully saturated rings. The number of rotatable bonds is 4. The zero-order valence-corrected chi connectivity index (χ0v) is 8.86. The highest BCUT2D eigenvalue weighted by atomic mass is 16.5. The molecule has 4 heteroatoms. The van der Waals surface area contributed by atoms with Crippen molar-refractivity contribution in [2.75, 3.05) is 5.73 Å². The van der Waals surface area contributed by atoms with E-state index in [0.29, 0.717) is 17.9 Å². The molecular weight excluding hydrogens is 194 g/mol. The summed E-state index contributed by atoms with van der Waals surface area (Å²) in [5.41, 5.74) is 6.81. The fourth-order valence-corrected chi connectivity index (χ4v) is 1.18. The van der Waals surface area contributed by atoms with Crippen LogP contribution in [0.1, 0.15) is 29.8 Å². The minimum Gasteiger partial charge on any atom is -0.478 e.